The van der Waals surface area contributed by atoms with E-state index in [0.717, 1.165) is 5.56 Å². The number of pyridine rings is 1. The van der Waals surface area contributed by atoms with E-state index in [1.165, 1.54) is 4.31 Å². The second-order valence-corrected chi connectivity index (χ2v) is 8.44. The van der Waals surface area contributed by atoms with Crippen molar-refractivity contribution in [3.8, 4) is 0 Å². The third-order valence-corrected chi connectivity index (χ3v) is 6.55. The molecule has 1 aromatic rings. The number of piperidine rings is 1. The van der Waals surface area contributed by atoms with Gasteiger partial charge in [0.2, 0.25) is 15.9 Å². The largest absolute Gasteiger partial charge is 0.374 e. The number of carbonyl (C=O) groups is 1. The zero-order valence-electron chi connectivity index (χ0n) is 13.8. The molecule has 0 N–H and O–H groups in total. The predicted octanol–water partition coefficient (Wildman–Crippen LogP) is 0.481. The van der Waals surface area contributed by atoms with E-state index in [4.69, 9.17) is 4.74 Å². The normalized spacial score (nSPS) is 26.0. The highest BCUT2D eigenvalue weighted by Gasteiger charge is 2.41. The van der Waals surface area contributed by atoms with Crippen molar-refractivity contribution < 1.29 is 17.9 Å². The first-order chi connectivity index (χ1) is 11.5. The van der Waals surface area contributed by atoms with Crippen molar-refractivity contribution in [1.29, 1.82) is 0 Å². The first-order valence-corrected chi connectivity index (χ1v) is 9.89. The topological polar surface area (TPSA) is 79.8 Å². The van der Waals surface area contributed by atoms with Crippen LogP contribution < -0.4 is 0 Å². The van der Waals surface area contributed by atoms with E-state index in [-0.39, 0.29) is 30.2 Å². The Morgan fingerprint density at radius 1 is 1.38 bits per heavy atom. The molecule has 24 heavy (non-hydrogen) atoms. The van der Waals surface area contributed by atoms with Gasteiger partial charge in [-0.05, 0) is 25.0 Å². The van der Waals surface area contributed by atoms with Gasteiger partial charge in [-0.1, -0.05) is 6.07 Å². The molecule has 7 nitrogen and oxygen atoms in total. The van der Waals surface area contributed by atoms with Gasteiger partial charge < -0.3 is 9.64 Å². The molecule has 2 atom stereocenters. The summed E-state index contributed by atoms with van der Waals surface area (Å²) in [5.41, 5.74) is 0.982. The number of amides is 1. The van der Waals surface area contributed by atoms with Crippen molar-refractivity contribution in [3.63, 3.8) is 0 Å². The van der Waals surface area contributed by atoms with Crippen LogP contribution in [0, 0.1) is 5.92 Å². The third-order valence-electron chi connectivity index (χ3n) is 4.70. The quantitative estimate of drug-likeness (QED) is 0.787. The van der Waals surface area contributed by atoms with Crippen LogP contribution >= 0.6 is 0 Å². The Morgan fingerprint density at radius 2 is 2.21 bits per heavy atom. The Labute approximate surface area is 142 Å². The number of ether oxygens (including phenoxy) is 1. The summed E-state index contributed by atoms with van der Waals surface area (Å²) in [6.07, 6.45) is 3.61. The van der Waals surface area contributed by atoms with Gasteiger partial charge >= 0.3 is 0 Å². The van der Waals surface area contributed by atoms with Gasteiger partial charge in [-0.3, -0.25) is 9.78 Å². The van der Waals surface area contributed by atoms with Crippen LogP contribution in [0.5, 0.6) is 0 Å². The monoisotopic (exact) mass is 353 g/mol. The summed E-state index contributed by atoms with van der Waals surface area (Å²) < 4.78 is 31.4. The van der Waals surface area contributed by atoms with Gasteiger partial charge in [0.1, 0.15) is 0 Å². The molecule has 8 heteroatoms. The van der Waals surface area contributed by atoms with Crippen molar-refractivity contribution in [1.82, 2.24) is 14.2 Å². The third kappa shape index (κ3) is 3.60. The Kier molecular flexibility index (Phi) is 5.17. The molecule has 0 unspecified atom stereocenters. The Bertz CT molecular complexity index is 680. The van der Waals surface area contributed by atoms with E-state index in [1.54, 1.807) is 24.2 Å². The van der Waals surface area contributed by atoms with Gasteiger partial charge in [0.25, 0.3) is 0 Å². The van der Waals surface area contributed by atoms with Crippen LogP contribution in [0.4, 0.5) is 0 Å². The van der Waals surface area contributed by atoms with E-state index in [0.29, 0.717) is 32.7 Å². The number of hydrogen-bond acceptors (Lipinski definition) is 5. The van der Waals surface area contributed by atoms with Gasteiger partial charge in [0.15, 0.2) is 0 Å². The average molecular weight is 353 g/mol. The molecule has 2 saturated heterocycles. The lowest BCUT2D eigenvalue weighted by Gasteiger charge is -2.36. The van der Waals surface area contributed by atoms with Gasteiger partial charge in [-0.15, -0.1) is 0 Å². The maximum Gasteiger partial charge on any atom is 0.228 e. The smallest absolute Gasteiger partial charge is 0.228 e. The Morgan fingerprint density at radius 3 is 2.92 bits per heavy atom. The van der Waals surface area contributed by atoms with Crippen LogP contribution in [-0.2, 0) is 26.1 Å². The highest BCUT2D eigenvalue weighted by molar-refractivity contribution is 7.89. The molecule has 2 fully saturated rings. The average Bonchev–Trinajstić information content (AvgIpc) is 2.75. The molecule has 1 amide bonds. The molecular weight excluding hydrogens is 330 g/mol. The number of rotatable bonds is 4. The number of aromatic nitrogens is 1. The lowest BCUT2D eigenvalue weighted by Crippen LogP contribution is -2.51. The van der Waals surface area contributed by atoms with E-state index < -0.39 is 10.0 Å². The number of nitrogens with zero attached hydrogens (tertiary/aromatic N) is 3. The summed E-state index contributed by atoms with van der Waals surface area (Å²) in [7, 11) is -3.24. The van der Waals surface area contributed by atoms with Crippen molar-refractivity contribution in [2.24, 2.45) is 5.92 Å². The molecule has 2 aliphatic heterocycles. The summed E-state index contributed by atoms with van der Waals surface area (Å²) in [5.74, 6) is -0.145. The summed E-state index contributed by atoms with van der Waals surface area (Å²) in [6, 6.07) is 3.80. The van der Waals surface area contributed by atoms with Crippen molar-refractivity contribution in [3.05, 3.63) is 30.1 Å². The van der Waals surface area contributed by atoms with Crippen LogP contribution in [0.1, 0.15) is 18.9 Å². The highest BCUT2D eigenvalue weighted by atomic mass is 32.2. The molecule has 0 aromatic carbocycles. The first kappa shape index (κ1) is 17.3. The molecule has 0 radical (unpaired) electrons. The summed E-state index contributed by atoms with van der Waals surface area (Å²) in [4.78, 5) is 18.7. The summed E-state index contributed by atoms with van der Waals surface area (Å²) >= 11 is 0. The van der Waals surface area contributed by atoms with Gasteiger partial charge in [-0.2, -0.15) is 4.31 Å². The molecule has 2 aliphatic rings. The number of hydrogen-bond donors (Lipinski definition) is 0. The summed E-state index contributed by atoms with van der Waals surface area (Å²) in [6.45, 7) is 3.74. The van der Waals surface area contributed by atoms with Crippen molar-refractivity contribution >= 4 is 15.9 Å². The lowest BCUT2D eigenvalue weighted by atomic mass is 9.93. The van der Waals surface area contributed by atoms with Crippen LogP contribution in [0.2, 0.25) is 0 Å². The molecule has 0 spiro atoms. The Balaban J connectivity index is 1.71. The van der Waals surface area contributed by atoms with Gasteiger partial charge in [0.05, 0.1) is 24.4 Å². The SMILES string of the molecule is CCS(=O)(=O)N1CC[C@H]2C(=O)N(Cc3cccnc3)CCO[C@H]2C1. The van der Waals surface area contributed by atoms with Gasteiger partial charge in [-0.25, -0.2) is 8.42 Å². The van der Waals surface area contributed by atoms with Crippen LogP contribution in [-0.4, -0.2) is 66.6 Å². The maximum atomic E-state index is 12.9. The van der Waals surface area contributed by atoms with Crippen molar-refractivity contribution in [2.75, 3.05) is 32.0 Å². The zero-order valence-corrected chi connectivity index (χ0v) is 14.6. The summed E-state index contributed by atoms with van der Waals surface area (Å²) in [5, 5.41) is 0. The second-order valence-electron chi connectivity index (χ2n) is 6.18. The minimum Gasteiger partial charge on any atom is -0.374 e. The predicted molar refractivity (Wildman–Crippen MR) is 88.5 cm³/mol. The van der Waals surface area contributed by atoms with E-state index in [1.807, 2.05) is 12.1 Å². The fraction of sp³-hybridized carbons (Fsp3) is 0.625. The highest BCUT2D eigenvalue weighted by Crippen LogP contribution is 2.27. The van der Waals surface area contributed by atoms with Crippen LogP contribution in [0.3, 0.4) is 0 Å². The standard InChI is InChI=1S/C16H23N3O4S/c1-2-24(21,22)19-7-5-14-15(12-19)23-9-8-18(16(14)20)11-13-4-3-6-17-10-13/h3-4,6,10,14-15H,2,5,7-9,11-12H2,1H3/t14-,15+/m1/s1. The zero-order chi connectivity index (χ0) is 17.2. The molecule has 0 saturated carbocycles. The Hall–Kier alpha value is -1.51. The molecular formula is C16H23N3O4S. The second kappa shape index (κ2) is 7.16. The number of sulfonamides is 1. The molecule has 1 aromatic heterocycles. The lowest BCUT2D eigenvalue weighted by molar-refractivity contribution is -0.138. The number of carbonyl (C=O) groups excluding carboxylic acids is 1. The number of fused-ring (bicyclic) bond motifs is 1. The minimum absolute atomic E-state index is 0.0508. The fourth-order valence-corrected chi connectivity index (χ4v) is 4.43. The van der Waals surface area contributed by atoms with Gasteiger partial charge in [0, 0.05) is 38.6 Å². The van der Waals surface area contributed by atoms with Crippen molar-refractivity contribution in [2.45, 2.75) is 26.0 Å². The van der Waals surface area contributed by atoms with Crippen LogP contribution in [0.25, 0.3) is 0 Å². The molecule has 3 rings (SSSR count). The maximum absolute atomic E-state index is 12.9. The van der Waals surface area contributed by atoms with E-state index in [2.05, 4.69) is 4.98 Å². The van der Waals surface area contributed by atoms with Crippen LogP contribution in [0.15, 0.2) is 24.5 Å². The molecule has 0 aliphatic carbocycles. The molecule has 3 heterocycles. The minimum atomic E-state index is -3.24. The molecule has 0 bridgehead atoms. The first-order valence-electron chi connectivity index (χ1n) is 8.28. The van der Waals surface area contributed by atoms with E-state index >= 15 is 0 Å². The fourth-order valence-electron chi connectivity index (χ4n) is 3.30. The van der Waals surface area contributed by atoms with E-state index in [9.17, 15) is 13.2 Å². The molecule has 132 valence electrons.